The molecule has 26 heavy (non-hydrogen) atoms. The number of hydrogen-bond acceptors (Lipinski definition) is 5. The van der Waals surface area contributed by atoms with Crippen LogP contribution in [0.5, 0.6) is 5.75 Å². The van der Waals surface area contributed by atoms with Gasteiger partial charge in [-0.05, 0) is 43.2 Å². The molecule has 3 rings (SSSR count). The summed E-state index contributed by atoms with van der Waals surface area (Å²) in [7, 11) is 0. The molecule has 0 radical (unpaired) electrons. The van der Waals surface area contributed by atoms with Crippen molar-refractivity contribution in [3.63, 3.8) is 0 Å². The number of benzene rings is 2. The van der Waals surface area contributed by atoms with Crippen molar-refractivity contribution in [2.24, 2.45) is 0 Å². The largest absolute Gasteiger partial charge is 0.493 e. The zero-order chi connectivity index (χ0) is 18.7. The summed E-state index contributed by atoms with van der Waals surface area (Å²) in [6, 6.07) is 12.4. The minimum absolute atomic E-state index is 0.0244. The number of nitrogens with zero attached hydrogens (tertiary/aromatic N) is 1. The van der Waals surface area contributed by atoms with Crippen LogP contribution in [0.2, 0.25) is 0 Å². The molecule has 2 aromatic rings. The van der Waals surface area contributed by atoms with Crippen molar-refractivity contribution in [1.82, 2.24) is 4.90 Å². The van der Waals surface area contributed by atoms with E-state index >= 15 is 0 Å². The van der Waals surface area contributed by atoms with Gasteiger partial charge in [0, 0.05) is 0 Å². The summed E-state index contributed by atoms with van der Waals surface area (Å²) in [4.78, 5) is 37.2. The van der Waals surface area contributed by atoms with Crippen LogP contribution < -0.4 is 4.74 Å². The van der Waals surface area contributed by atoms with Gasteiger partial charge in [-0.15, -0.1) is 0 Å². The molecular formula is C20H19NO5. The first-order valence-electron chi connectivity index (χ1n) is 8.28. The summed E-state index contributed by atoms with van der Waals surface area (Å²) in [5.41, 5.74) is 2.70. The third-order valence-electron chi connectivity index (χ3n) is 4.14. The van der Waals surface area contributed by atoms with Gasteiger partial charge in [-0.1, -0.05) is 24.3 Å². The Kier molecular flexibility index (Phi) is 5.02. The molecule has 0 atom stereocenters. The number of aryl methyl sites for hydroxylation is 2. The fourth-order valence-electron chi connectivity index (χ4n) is 2.67. The Labute approximate surface area is 151 Å². The standard InChI is InChI=1S/C20H19NO5/c1-13-7-8-14(2)17(11-13)25-10-9-18(22)26-12-21-19(23)15-5-3-4-6-16(15)20(21)24/h3-8,11H,9-10,12H2,1-2H3. The fourth-order valence-corrected chi connectivity index (χ4v) is 2.67. The van der Waals surface area contributed by atoms with Crippen LogP contribution in [-0.2, 0) is 9.53 Å². The maximum Gasteiger partial charge on any atom is 0.310 e. The third kappa shape index (κ3) is 3.59. The van der Waals surface area contributed by atoms with Gasteiger partial charge in [0.15, 0.2) is 6.73 Å². The van der Waals surface area contributed by atoms with E-state index in [1.165, 1.54) is 0 Å². The first-order valence-corrected chi connectivity index (χ1v) is 8.28. The lowest BCUT2D eigenvalue weighted by atomic mass is 10.1. The molecule has 0 unspecified atom stereocenters. The fraction of sp³-hybridized carbons (Fsp3) is 0.250. The van der Waals surface area contributed by atoms with Crippen LogP contribution in [-0.4, -0.2) is 36.0 Å². The van der Waals surface area contributed by atoms with Crippen LogP contribution in [0.4, 0.5) is 0 Å². The Hall–Kier alpha value is -3.15. The highest BCUT2D eigenvalue weighted by Gasteiger charge is 2.35. The van der Waals surface area contributed by atoms with Gasteiger partial charge in [0.1, 0.15) is 5.75 Å². The predicted molar refractivity (Wildman–Crippen MR) is 93.9 cm³/mol. The highest BCUT2D eigenvalue weighted by Crippen LogP contribution is 2.22. The molecule has 2 aromatic carbocycles. The lowest BCUT2D eigenvalue weighted by Crippen LogP contribution is -2.33. The molecular weight excluding hydrogens is 334 g/mol. The highest BCUT2D eigenvalue weighted by molar-refractivity contribution is 6.21. The van der Waals surface area contributed by atoms with E-state index in [-0.39, 0.29) is 13.0 Å². The van der Waals surface area contributed by atoms with Crippen molar-refractivity contribution in [2.75, 3.05) is 13.3 Å². The smallest absolute Gasteiger partial charge is 0.310 e. The highest BCUT2D eigenvalue weighted by atomic mass is 16.5. The third-order valence-corrected chi connectivity index (χ3v) is 4.14. The van der Waals surface area contributed by atoms with E-state index in [0.717, 1.165) is 21.8 Å². The number of carbonyl (C=O) groups is 3. The molecule has 0 aromatic heterocycles. The van der Waals surface area contributed by atoms with Gasteiger partial charge in [0.05, 0.1) is 24.2 Å². The van der Waals surface area contributed by atoms with Gasteiger partial charge in [0.25, 0.3) is 11.8 Å². The minimum Gasteiger partial charge on any atom is -0.493 e. The number of fused-ring (bicyclic) bond motifs is 1. The van der Waals surface area contributed by atoms with Gasteiger partial charge in [0.2, 0.25) is 0 Å². The molecule has 0 saturated carbocycles. The first kappa shape index (κ1) is 17.7. The van der Waals surface area contributed by atoms with Gasteiger partial charge in [-0.2, -0.15) is 0 Å². The Morgan fingerprint density at radius 2 is 1.65 bits per heavy atom. The summed E-state index contributed by atoms with van der Waals surface area (Å²) >= 11 is 0. The molecule has 0 N–H and O–H groups in total. The van der Waals surface area contributed by atoms with Crippen LogP contribution in [0.1, 0.15) is 38.3 Å². The normalized spacial score (nSPS) is 12.9. The number of amides is 2. The second kappa shape index (κ2) is 7.39. The van der Waals surface area contributed by atoms with Crippen LogP contribution >= 0.6 is 0 Å². The summed E-state index contributed by atoms with van der Waals surface area (Å²) in [6.07, 6.45) is 0.0244. The molecule has 0 spiro atoms. The zero-order valence-corrected chi connectivity index (χ0v) is 14.7. The minimum atomic E-state index is -0.535. The van der Waals surface area contributed by atoms with Crippen LogP contribution in [0.15, 0.2) is 42.5 Å². The summed E-state index contributed by atoms with van der Waals surface area (Å²) in [5, 5.41) is 0. The van der Waals surface area contributed by atoms with Crippen LogP contribution in [0.25, 0.3) is 0 Å². The SMILES string of the molecule is Cc1ccc(C)c(OCCC(=O)OCN2C(=O)c3ccccc3C2=O)c1. The van der Waals surface area contributed by atoms with E-state index in [4.69, 9.17) is 9.47 Å². The summed E-state index contributed by atoms with van der Waals surface area (Å²) in [5.74, 6) is -0.722. The zero-order valence-electron chi connectivity index (χ0n) is 14.7. The Bertz CT molecular complexity index is 839. The van der Waals surface area contributed by atoms with Gasteiger partial charge in [-0.3, -0.25) is 14.4 Å². The second-order valence-corrected chi connectivity index (χ2v) is 6.10. The van der Waals surface area contributed by atoms with E-state index in [0.29, 0.717) is 11.1 Å². The van der Waals surface area contributed by atoms with Crippen molar-refractivity contribution in [3.8, 4) is 5.75 Å². The van der Waals surface area contributed by atoms with Crippen molar-refractivity contribution < 1.29 is 23.9 Å². The number of esters is 1. The predicted octanol–water partition coefficient (Wildman–Crippen LogP) is 2.87. The molecule has 0 aliphatic carbocycles. The maximum atomic E-state index is 12.2. The van der Waals surface area contributed by atoms with E-state index in [9.17, 15) is 14.4 Å². The summed E-state index contributed by atoms with van der Waals surface area (Å²) in [6.45, 7) is 3.65. The lowest BCUT2D eigenvalue weighted by Gasteiger charge is -2.14. The van der Waals surface area contributed by atoms with Crippen molar-refractivity contribution >= 4 is 17.8 Å². The average Bonchev–Trinajstić information content (AvgIpc) is 2.87. The quantitative estimate of drug-likeness (QED) is 0.590. The van der Waals surface area contributed by atoms with Crippen LogP contribution in [0.3, 0.4) is 0 Å². The Morgan fingerprint density at radius 1 is 1.00 bits per heavy atom. The van der Waals surface area contributed by atoms with Crippen molar-refractivity contribution in [1.29, 1.82) is 0 Å². The second-order valence-electron chi connectivity index (χ2n) is 6.10. The molecule has 6 heteroatoms. The van der Waals surface area contributed by atoms with E-state index in [1.807, 2.05) is 32.0 Å². The molecule has 6 nitrogen and oxygen atoms in total. The summed E-state index contributed by atoms with van der Waals surface area (Å²) < 4.78 is 10.7. The molecule has 2 amide bonds. The van der Waals surface area contributed by atoms with E-state index < -0.39 is 24.5 Å². The molecule has 1 aliphatic rings. The number of rotatable bonds is 6. The topological polar surface area (TPSA) is 72.9 Å². The Morgan fingerprint density at radius 3 is 2.31 bits per heavy atom. The van der Waals surface area contributed by atoms with Crippen molar-refractivity contribution in [2.45, 2.75) is 20.3 Å². The van der Waals surface area contributed by atoms with Crippen molar-refractivity contribution in [3.05, 3.63) is 64.7 Å². The lowest BCUT2D eigenvalue weighted by molar-refractivity contribution is -0.146. The number of imide groups is 1. The number of hydrogen-bond donors (Lipinski definition) is 0. The van der Waals surface area contributed by atoms with E-state index in [1.54, 1.807) is 24.3 Å². The van der Waals surface area contributed by atoms with Crippen LogP contribution in [0, 0.1) is 13.8 Å². The number of ether oxygens (including phenoxy) is 2. The van der Waals surface area contributed by atoms with Gasteiger partial charge in [-0.25, -0.2) is 4.90 Å². The molecule has 1 heterocycles. The molecule has 0 fully saturated rings. The van der Waals surface area contributed by atoms with E-state index in [2.05, 4.69) is 0 Å². The van der Waals surface area contributed by atoms with Gasteiger partial charge >= 0.3 is 5.97 Å². The number of carbonyl (C=O) groups excluding carboxylic acids is 3. The molecule has 0 saturated heterocycles. The Balaban J connectivity index is 1.48. The first-order chi connectivity index (χ1) is 12.5. The molecule has 0 bridgehead atoms. The molecule has 1 aliphatic heterocycles. The molecule has 134 valence electrons. The average molecular weight is 353 g/mol. The maximum absolute atomic E-state index is 12.2. The van der Waals surface area contributed by atoms with Gasteiger partial charge < -0.3 is 9.47 Å². The monoisotopic (exact) mass is 353 g/mol.